The predicted octanol–water partition coefficient (Wildman–Crippen LogP) is 1.14. The van der Waals surface area contributed by atoms with Crippen molar-refractivity contribution < 1.29 is 8.42 Å². The fourth-order valence-electron chi connectivity index (χ4n) is 1.39. The Kier molecular flexibility index (Phi) is 2.95. The van der Waals surface area contributed by atoms with Crippen molar-refractivity contribution in [2.45, 2.75) is 24.6 Å². The second kappa shape index (κ2) is 4.24. The number of benzene rings is 1. The van der Waals surface area contributed by atoms with Crippen molar-refractivity contribution in [2.75, 3.05) is 0 Å². The molecule has 0 heterocycles. The first kappa shape index (κ1) is 11.1. The van der Waals surface area contributed by atoms with Gasteiger partial charge in [-0.05, 0) is 30.5 Å². The maximum absolute atomic E-state index is 11.6. The van der Waals surface area contributed by atoms with E-state index in [2.05, 4.69) is 4.72 Å². The fourth-order valence-corrected chi connectivity index (χ4v) is 2.85. The molecule has 0 bridgehead atoms. The van der Waals surface area contributed by atoms with E-state index >= 15 is 0 Å². The third-order valence-electron chi connectivity index (χ3n) is 2.36. The summed E-state index contributed by atoms with van der Waals surface area (Å²) in [7, 11) is -3.22. The summed E-state index contributed by atoms with van der Waals surface area (Å²) in [6.07, 6.45) is 1.87. The number of rotatable bonds is 4. The summed E-state index contributed by atoms with van der Waals surface area (Å²) in [5.41, 5.74) is 1.24. The van der Waals surface area contributed by atoms with Gasteiger partial charge in [0.05, 0.1) is 17.4 Å². The first-order valence-electron chi connectivity index (χ1n) is 5.08. The van der Waals surface area contributed by atoms with Crippen molar-refractivity contribution in [3.63, 3.8) is 0 Å². The highest BCUT2D eigenvalue weighted by molar-refractivity contribution is 7.88. The van der Waals surface area contributed by atoms with Crippen LogP contribution >= 0.6 is 0 Å². The van der Waals surface area contributed by atoms with Crippen molar-refractivity contribution in [1.29, 1.82) is 5.26 Å². The molecular formula is C11H12N2O2S. The van der Waals surface area contributed by atoms with Gasteiger partial charge in [0.1, 0.15) is 0 Å². The lowest BCUT2D eigenvalue weighted by Crippen LogP contribution is -2.27. The van der Waals surface area contributed by atoms with Crippen LogP contribution in [-0.4, -0.2) is 14.5 Å². The van der Waals surface area contributed by atoms with Gasteiger partial charge in [0.2, 0.25) is 10.0 Å². The van der Waals surface area contributed by atoms with Gasteiger partial charge in [0.15, 0.2) is 0 Å². The molecule has 1 N–H and O–H groups in total. The molecule has 1 saturated carbocycles. The Morgan fingerprint density at radius 1 is 1.31 bits per heavy atom. The molecule has 4 nitrogen and oxygen atoms in total. The molecule has 0 aromatic heterocycles. The molecule has 16 heavy (non-hydrogen) atoms. The largest absolute Gasteiger partial charge is 0.216 e. The summed E-state index contributed by atoms with van der Waals surface area (Å²) < 4.78 is 25.9. The van der Waals surface area contributed by atoms with Crippen LogP contribution in [0.2, 0.25) is 0 Å². The van der Waals surface area contributed by atoms with Gasteiger partial charge in [-0.1, -0.05) is 12.1 Å². The van der Waals surface area contributed by atoms with Crippen molar-refractivity contribution in [3.8, 4) is 6.07 Å². The first-order chi connectivity index (χ1) is 7.59. The summed E-state index contributed by atoms with van der Waals surface area (Å²) in [6, 6.07) is 8.73. The second-order valence-electron chi connectivity index (χ2n) is 3.96. The predicted molar refractivity (Wildman–Crippen MR) is 59.9 cm³/mol. The third-order valence-corrected chi connectivity index (χ3v) is 3.77. The summed E-state index contributed by atoms with van der Waals surface area (Å²) in [4.78, 5) is 0. The van der Waals surface area contributed by atoms with E-state index in [0.717, 1.165) is 12.8 Å². The number of nitriles is 1. The molecule has 1 fully saturated rings. The zero-order chi connectivity index (χ0) is 11.6. The second-order valence-corrected chi connectivity index (χ2v) is 5.71. The highest BCUT2D eigenvalue weighted by Gasteiger charge is 2.26. The topological polar surface area (TPSA) is 70.0 Å². The molecule has 0 aliphatic heterocycles. The lowest BCUT2D eigenvalue weighted by Gasteiger charge is -2.05. The van der Waals surface area contributed by atoms with Crippen molar-refractivity contribution >= 4 is 10.0 Å². The van der Waals surface area contributed by atoms with E-state index in [9.17, 15) is 8.42 Å². The minimum absolute atomic E-state index is 0.0186. The molecule has 0 spiro atoms. The van der Waals surface area contributed by atoms with Crippen LogP contribution in [-0.2, 0) is 15.8 Å². The summed E-state index contributed by atoms with van der Waals surface area (Å²) >= 11 is 0. The Morgan fingerprint density at radius 3 is 2.44 bits per heavy atom. The van der Waals surface area contributed by atoms with Crippen molar-refractivity contribution in [1.82, 2.24) is 4.72 Å². The SMILES string of the molecule is N#Cc1ccc(CS(=O)(=O)NC2CC2)cc1. The van der Waals surface area contributed by atoms with Gasteiger partial charge < -0.3 is 0 Å². The number of hydrogen-bond acceptors (Lipinski definition) is 3. The van der Waals surface area contributed by atoms with Gasteiger partial charge in [-0.25, -0.2) is 13.1 Å². The van der Waals surface area contributed by atoms with Crippen LogP contribution < -0.4 is 4.72 Å². The maximum Gasteiger partial charge on any atom is 0.216 e. The molecule has 1 aliphatic carbocycles. The molecule has 0 unspecified atom stereocenters. The van der Waals surface area contributed by atoms with E-state index < -0.39 is 10.0 Å². The average molecular weight is 236 g/mol. The van der Waals surface area contributed by atoms with E-state index in [1.54, 1.807) is 24.3 Å². The van der Waals surface area contributed by atoms with Gasteiger partial charge in [-0.3, -0.25) is 0 Å². The first-order valence-corrected chi connectivity index (χ1v) is 6.73. The van der Waals surface area contributed by atoms with Gasteiger partial charge in [-0.2, -0.15) is 5.26 Å². The van der Waals surface area contributed by atoms with Crippen LogP contribution in [0.5, 0.6) is 0 Å². The lowest BCUT2D eigenvalue weighted by molar-refractivity contribution is 0.580. The van der Waals surface area contributed by atoms with Crippen molar-refractivity contribution in [3.05, 3.63) is 35.4 Å². The zero-order valence-electron chi connectivity index (χ0n) is 8.68. The number of sulfonamides is 1. The Balaban J connectivity index is 2.05. The smallest absolute Gasteiger partial charge is 0.212 e. The van der Waals surface area contributed by atoms with Crippen LogP contribution in [0.4, 0.5) is 0 Å². The molecule has 84 valence electrons. The molecule has 0 amide bonds. The standard InChI is InChI=1S/C11H12N2O2S/c12-7-9-1-3-10(4-2-9)8-16(14,15)13-11-5-6-11/h1-4,11,13H,5-6,8H2. The molecule has 1 aliphatic rings. The van der Waals surface area contributed by atoms with Crippen LogP contribution in [0.25, 0.3) is 0 Å². The van der Waals surface area contributed by atoms with Crippen LogP contribution in [0.15, 0.2) is 24.3 Å². The van der Waals surface area contributed by atoms with E-state index in [1.807, 2.05) is 6.07 Å². The molecule has 5 heteroatoms. The summed E-state index contributed by atoms with van der Waals surface area (Å²) in [5.74, 6) is -0.0186. The summed E-state index contributed by atoms with van der Waals surface area (Å²) in [6.45, 7) is 0. The fraction of sp³-hybridized carbons (Fsp3) is 0.364. The molecule has 0 saturated heterocycles. The minimum Gasteiger partial charge on any atom is -0.212 e. The molecule has 2 rings (SSSR count). The average Bonchev–Trinajstić information content (AvgIpc) is 3.01. The van der Waals surface area contributed by atoms with Gasteiger partial charge in [0.25, 0.3) is 0 Å². The van der Waals surface area contributed by atoms with Crippen molar-refractivity contribution in [2.24, 2.45) is 0 Å². The zero-order valence-corrected chi connectivity index (χ0v) is 9.50. The highest BCUT2D eigenvalue weighted by atomic mass is 32.2. The van der Waals surface area contributed by atoms with Crippen LogP contribution in [0.1, 0.15) is 24.0 Å². The van der Waals surface area contributed by atoms with E-state index in [4.69, 9.17) is 5.26 Å². The number of hydrogen-bond donors (Lipinski definition) is 1. The monoisotopic (exact) mass is 236 g/mol. The Labute approximate surface area is 95.0 Å². The third kappa shape index (κ3) is 3.05. The minimum atomic E-state index is -3.22. The van der Waals surface area contributed by atoms with Crippen LogP contribution in [0, 0.1) is 11.3 Å². The highest BCUT2D eigenvalue weighted by Crippen LogP contribution is 2.20. The van der Waals surface area contributed by atoms with Crippen LogP contribution in [0.3, 0.4) is 0 Å². The lowest BCUT2D eigenvalue weighted by atomic mass is 10.2. The molecular weight excluding hydrogens is 224 g/mol. The normalized spacial score (nSPS) is 15.7. The Bertz CT molecular complexity index is 510. The van der Waals surface area contributed by atoms with Gasteiger partial charge in [0, 0.05) is 6.04 Å². The number of nitrogens with one attached hydrogen (secondary N) is 1. The Hall–Kier alpha value is -1.38. The quantitative estimate of drug-likeness (QED) is 0.852. The van der Waals surface area contributed by atoms with Gasteiger partial charge in [-0.15, -0.1) is 0 Å². The molecule has 0 radical (unpaired) electrons. The summed E-state index contributed by atoms with van der Waals surface area (Å²) in [5, 5.41) is 8.61. The number of nitrogens with zero attached hydrogens (tertiary/aromatic N) is 1. The van der Waals surface area contributed by atoms with E-state index in [-0.39, 0.29) is 11.8 Å². The Morgan fingerprint density at radius 2 is 1.94 bits per heavy atom. The van der Waals surface area contributed by atoms with Gasteiger partial charge >= 0.3 is 0 Å². The maximum atomic E-state index is 11.6. The van der Waals surface area contributed by atoms with E-state index in [1.165, 1.54) is 0 Å². The molecule has 1 aromatic carbocycles. The molecule has 0 atom stereocenters. The molecule has 1 aromatic rings. The van der Waals surface area contributed by atoms with E-state index in [0.29, 0.717) is 11.1 Å².